The molecule has 1 atom stereocenters. The van der Waals surface area contributed by atoms with Crippen LogP contribution in [0.25, 0.3) is 0 Å². The molecule has 2 aromatic rings. The van der Waals surface area contributed by atoms with E-state index in [9.17, 15) is 4.79 Å². The molecule has 0 radical (unpaired) electrons. The fourth-order valence-electron chi connectivity index (χ4n) is 2.72. The monoisotopic (exact) mass is 280 g/mol. The molecule has 0 spiro atoms. The molecule has 1 aliphatic carbocycles. The third-order valence-corrected chi connectivity index (χ3v) is 3.96. The van der Waals surface area contributed by atoms with Crippen molar-refractivity contribution in [1.82, 2.24) is 5.32 Å². The van der Waals surface area contributed by atoms with Gasteiger partial charge in [-0.1, -0.05) is 54.6 Å². The largest absolute Gasteiger partial charge is 0.368 e. The van der Waals surface area contributed by atoms with E-state index in [1.807, 2.05) is 48.5 Å². The van der Waals surface area contributed by atoms with Crippen molar-refractivity contribution in [2.45, 2.75) is 31.3 Å². The fraction of sp³-hybridized carbons (Fsp3) is 0.278. The highest BCUT2D eigenvalue weighted by molar-refractivity contribution is 5.82. The standard InChI is InChI=1S/C18H20N2O/c19-18(21)17(20-12-13-6-2-1-3-7-13)16-9-5-4-8-15(16)14-10-11-14/h1-9,14,17,20H,10-12H2,(H2,19,21). The van der Waals surface area contributed by atoms with Gasteiger partial charge in [0, 0.05) is 6.54 Å². The lowest BCUT2D eigenvalue weighted by atomic mass is 9.96. The molecule has 1 fully saturated rings. The van der Waals surface area contributed by atoms with E-state index >= 15 is 0 Å². The molecule has 1 unspecified atom stereocenters. The molecule has 0 bridgehead atoms. The van der Waals surface area contributed by atoms with Crippen molar-refractivity contribution in [3.05, 3.63) is 71.3 Å². The summed E-state index contributed by atoms with van der Waals surface area (Å²) in [4.78, 5) is 11.9. The van der Waals surface area contributed by atoms with Gasteiger partial charge in [-0.2, -0.15) is 0 Å². The maximum Gasteiger partial charge on any atom is 0.239 e. The molecule has 3 rings (SSSR count). The third-order valence-electron chi connectivity index (χ3n) is 3.96. The quantitative estimate of drug-likeness (QED) is 0.855. The van der Waals surface area contributed by atoms with Crippen molar-refractivity contribution in [3.63, 3.8) is 0 Å². The molecule has 3 N–H and O–H groups in total. The highest BCUT2D eigenvalue weighted by atomic mass is 16.1. The second kappa shape index (κ2) is 6.10. The Hall–Kier alpha value is -2.13. The molecule has 3 heteroatoms. The number of carbonyl (C=O) groups excluding carboxylic acids is 1. The fourth-order valence-corrected chi connectivity index (χ4v) is 2.72. The number of hydrogen-bond donors (Lipinski definition) is 2. The average Bonchev–Trinajstić information content (AvgIpc) is 3.33. The van der Waals surface area contributed by atoms with Gasteiger partial charge in [0.2, 0.25) is 5.91 Å². The molecule has 0 saturated heterocycles. The summed E-state index contributed by atoms with van der Waals surface area (Å²) in [5, 5.41) is 3.30. The van der Waals surface area contributed by atoms with E-state index in [4.69, 9.17) is 5.73 Å². The normalized spacial score (nSPS) is 15.6. The maximum atomic E-state index is 11.9. The summed E-state index contributed by atoms with van der Waals surface area (Å²) in [5.74, 6) is 0.278. The highest BCUT2D eigenvalue weighted by Gasteiger charge is 2.29. The molecule has 21 heavy (non-hydrogen) atoms. The van der Waals surface area contributed by atoms with Crippen LogP contribution in [-0.2, 0) is 11.3 Å². The van der Waals surface area contributed by atoms with Gasteiger partial charge in [0.05, 0.1) is 0 Å². The second-order valence-electron chi connectivity index (χ2n) is 5.61. The lowest BCUT2D eigenvalue weighted by Crippen LogP contribution is -2.34. The molecule has 1 aliphatic rings. The van der Waals surface area contributed by atoms with E-state index in [2.05, 4.69) is 11.4 Å². The molecule has 108 valence electrons. The van der Waals surface area contributed by atoms with Gasteiger partial charge in [-0.3, -0.25) is 10.1 Å². The van der Waals surface area contributed by atoms with Gasteiger partial charge >= 0.3 is 0 Å². The topological polar surface area (TPSA) is 55.1 Å². The number of amides is 1. The third kappa shape index (κ3) is 3.31. The Kier molecular flexibility index (Phi) is 4.02. The van der Waals surface area contributed by atoms with Crippen LogP contribution in [0.3, 0.4) is 0 Å². The number of benzene rings is 2. The molecular weight excluding hydrogens is 260 g/mol. The lowest BCUT2D eigenvalue weighted by Gasteiger charge is -2.19. The summed E-state index contributed by atoms with van der Waals surface area (Å²) in [6.45, 7) is 0.632. The Bertz CT molecular complexity index is 620. The molecule has 1 saturated carbocycles. The Morgan fingerprint density at radius 3 is 2.43 bits per heavy atom. The van der Waals surface area contributed by atoms with Crippen LogP contribution >= 0.6 is 0 Å². The Labute approximate surface area is 125 Å². The van der Waals surface area contributed by atoms with Crippen LogP contribution in [0.5, 0.6) is 0 Å². The van der Waals surface area contributed by atoms with E-state index in [-0.39, 0.29) is 5.91 Å². The zero-order valence-corrected chi connectivity index (χ0v) is 12.0. The molecule has 0 heterocycles. The summed E-state index contributed by atoms with van der Waals surface area (Å²) >= 11 is 0. The van der Waals surface area contributed by atoms with Crippen molar-refractivity contribution >= 4 is 5.91 Å². The SMILES string of the molecule is NC(=O)C(NCc1ccccc1)c1ccccc1C1CC1. The molecular formula is C18H20N2O. The Balaban J connectivity index is 1.80. The second-order valence-corrected chi connectivity index (χ2v) is 5.61. The minimum atomic E-state index is -0.429. The van der Waals surface area contributed by atoms with Crippen molar-refractivity contribution < 1.29 is 4.79 Å². The first-order chi connectivity index (χ1) is 10.3. The summed E-state index contributed by atoms with van der Waals surface area (Å²) in [6, 6.07) is 17.8. The van der Waals surface area contributed by atoms with Crippen molar-refractivity contribution in [1.29, 1.82) is 0 Å². The van der Waals surface area contributed by atoms with Gasteiger partial charge in [-0.05, 0) is 35.4 Å². The van der Waals surface area contributed by atoms with Gasteiger partial charge in [-0.25, -0.2) is 0 Å². The van der Waals surface area contributed by atoms with E-state index in [1.54, 1.807) is 0 Å². The predicted octanol–water partition coefficient (Wildman–Crippen LogP) is 2.88. The van der Waals surface area contributed by atoms with Crippen molar-refractivity contribution in [2.75, 3.05) is 0 Å². The Morgan fingerprint density at radius 2 is 1.76 bits per heavy atom. The summed E-state index contributed by atoms with van der Waals surface area (Å²) in [5.41, 5.74) is 9.06. The van der Waals surface area contributed by atoms with Gasteiger partial charge in [0.25, 0.3) is 0 Å². The van der Waals surface area contributed by atoms with Crippen LogP contribution < -0.4 is 11.1 Å². The molecule has 0 aliphatic heterocycles. The number of primary amides is 1. The van der Waals surface area contributed by atoms with Crippen molar-refractivity contribution in [2.24, 2.45) is 5.73 Å². The van der Waals surface area contributed by atoms with Crippen molar-refractivity contribution in [3.8, 4) is 0 Å². The molecule has 1 amide bonds. The number of nitrogens with two attached hydrogens (primary N) is 1. The van der Waals surface area contributed by atoms with Gasteiger partial charge < -0.3 is 5.73 Å². The predicted molar refractivity (Wildman–Crippen MR) is 83.6 cm³/mol. The zero-order chi connectivity index (χ0) is 14.7. The van der Waals surface area contributed by atoms with Gasteiger partial charge in [-0.15, -0.1) is 0 Å². The first kappa shape index (κ1) is 13.8. The molecule has 2 aromatic carbocycles. The van der Waals surface area contributed by atoms with Crippen LogP contribution in [-0.4, -0.2) is 5.91 Å². The first-order valence-electron chi connectivity index (χ1n) is 7.41. The minimum Gasteiger partial charge on any atom is -0.368 e. The minimum absolute atomic E-state index is 0.320. The lowest BCUT2D eigenvalue weighted by molar-refractivity contribution is -0.120. The summed E-state index contributed by atoms with van der Waals surface area (Å²) < 4.78 is 0. The van der Waals surface area contributed by atoms with Gasteiger partial charge in [0.15, 0.2) is 0 Å². The summed E-state index contributed by atoms with van der Waals surface area (Å²) in [7, 11) is 0. The van der Waals surface area contributed by atoms with Crippen LogP contribution in [0.15, 0.2) is 54.6 Å². The first-order valence-corrected chi connectivity index (χ1v) is 7.41. The van der Waals surface area contributed by atoms with Crippen LogP contribution in [0.2, 0.25) is 0 Å². The number of hydrogen-bond acceptors (Lipinski definition) is 2. The highest BCUT2D eigenvalue weighted by Crippen LogP contribution is 2.42. The smallest absolute Gasteiger partial charge is 0.239 e. The van der Waals surface area contributed by atoms with Crippen LogP contribution in [0.1, 0.15) is 41.5 Å². The number of nitrogens with one attached hydrogen (secondary N) is 1. The van der Waals surface area contributed by atoms with E-state index < -0.39 is 6.04 Å². The van der Waals surface area contributed by atoms with E-state index in [1.165, 1.54) is 18.4 Å². The van der Waals surface area contributed by atoms with E-state index in [0.717, 1.165) is 11.1 Å². The number of carbonyl (C=O) groups is 1. The van der Waals surface area contributed by atoms with Crippen LogP contribution in [0, 0.1) is 0 Å². The maximum absolute atomic E-state index is 11.9. The zero-order valence-electron chi connectivity index (χ0n) is 12.0. The average molecular weight is 280 g/mol. The van der Waals surface area contributed by atoms with E-state index in [0.29, 0.717) is 12.5 Å². The van der Waals surface area contributed by atoms with Crippen LogP contribution in [0.4, 0.5) is 0 Å². The Morgan fingerprint density at radius 1 is 1.10 bits per heavy atom. The number of rotatable bonds is 6. The summed E-state index contributed by atoms with van der Waals surface area (Å²) in [6.07, 6.45) is 2.42. The molecule has 3 nitrogen and oxygen atoms in total. The molecule has 0 aromatic heterocycles. The van der Waals surface area contributed by atoms with Gasteiger partial charge in [0.1, 0.15) is 6.04 Å².